The smallest absolute Gasteiger partial charge is 0.146 e. The standard InChI is InChI=1S/C12H15FN4/c1-2-7-17-12(15-9-16-17)8-14-11-6-4-3-5-10(11)13/h3-6,9,14H,2,7-8H2,1H3. The summed E-state index contributed by atoms with van der Waals surface area (Å²) < 4.78 is 15.2. The second-order valence-corrected chi connectivity index (χ2v) is 3.73. The molecular weight excluding hydrogens is 219 g/mol. The van der Waals surface area contributed by atoms with Gasteiger partial charge in [0.05, 0.1) is 12.2 Å². The Kier molecular flexibility index (Phi) is 3.69. The summed E-state index contributed by atoms with van der Waals surface area (Å²) in [5, 5.41) is 7.13. The first-order valence-corrected chi connectivity index (χ1v) is 5.66. The van der Waals surface area contributed by atoms with E-state index in [2.05, 4.69) is 22.3 Å². The van der Waals surface area contributed by atoms with Crippen molar-refractivity contribution in [2.75, 3.05) is 5.32 Å². The van der Waals surface area contributed by atoms with Gasteiger partial charge < -0.3 is 5.32 Å². The normalized spacial score (nSPS) is 10.5. The summed E-state index contributed by atoms with van der Waals surface area (Å²) in [6.45, 7) is 3.38. The Morgan fingerprint density at radius 1 is 1.35 bits per heavy atom. The van der Waals surface area contributed by atoms with E-state index >= 15 is 0 Å². The molecule has 0 spiro atoms. The molecule has 2 rings (SSSR count). The first-order chi connectivity index (χ1) is 8.31. The Balaban J connectivity index is 2.02. The maximum atomic E-state index is 13.4. The van der Waals surface area contributed by atoms with Crippen LogP contribution in [0.15, 0.2) is 30.6 Å². The quantitative estimate of drug-likeness (QED) is 0.864. The summed E-state index contributed by atoms with van der Waals surface area (Å²) in [5.41, 5.74) is 0.485. The van der Waals surface area contributed by atoms with Crippen LogP contribution >= 0.6 is 0 Å². The maximum Gasteiger partial charge on any atom is 0.146 e. The monoisotopic (exact) mass is 234 g/mol. The second-order valence-electron chi connectivity index (χ2n) is 3.73. The molecule has 0 aliphatic rings. The fourth-order valence-corrected chi connectivity index (χ4v) is 1.60. The van der Waals surface area contributed by atoms with Crippen molar-refractivity contribution >= 4 is 5.69 Å². The summed E-state index contributed by atoms with van der Waals surface area (Å²) >= 11 is 0. The lowest BCUT2D eigenvalue weighted by Gasteiger charge is -2.08. The van der Waals surface area contributed by atoms with Crippen LogP contribution in [0.25, 0.3) is 0 Å². The Labute approximate surface area is 99.5 Å². The van der Waals surface area contributed by atoms with Gasteiger partial charge in [-0.3, -0.25) is 0 Å². The molecule has 1 N–H and O–H groups in total. The number of nitrogens with zero attached hydrogens (tertiary/aromatic N) is 3. The molecule has 2 aromatic rings. The van der Waals surface area contributed by atoms with E-state index in [0.29, 0.717) is 12.2 Å². The van der Waals surface area contributed by atoms with Gasteiger partial charge >= 0.3 is 0 Å². The molecule has 5 heteroatoms. The average molecular weight is 234 g/mol. The van der Waals surface area contributed by atoms with E-state index in [1.54, 1.807) is 18.2 Å². The molecule has 0 aliphatic carbocycles. The Morgan fingerprint density at radius 2 is 2.18 bits per heavy atom. The Morgan fingerprint density at radius 3 is 2.94 bits per heavy atom. The van der Waals surface area contributed by atoms with Gasteiger partial charge in [-0.2, -0.15) is 5.10 Å². The first-order valence-electron chi connectivity index (χ1n) is 5.66. The minimum absolute atomic E-state index is 0.256. The van der Waals surface area contributed by atoms with E-state index in [1.165, 1.54) is 12.4 Å². The van der Waals surface area contributed by atoms with Crippen molar-refractivity contribution in [1.82, 2.24) is 14.8 Å². The summed E-state index contributed by atoms with van der Waals surface area (Å²) in [4.78, 5) is 4.15. The van der Waals surface area contributed by atoms with Crippen LogP contribution in [0.3, 0.4) is 0 Å². The molecule has 1 aromatic heterocycles. The van der Waals surface area contributed by atoms with Crippen molar-refractivity contribution in [3.05, 3.63) is 42.2 Å². The van der Waals surface area contributed by atoms with E-state index < -0.39 is 0 Å². The third-order valence-electron chi connectivity index (χ3n) is 2.44. The fraction of sp³-hybridized carbons (Fsp3) is 0.333. The SMILES string of the molecule is CCCn1ncnc1CNc1ccccc1F. The summed E-state index contributed by atoms with van der Waals surface area (Å²) in [5.74, 6) is 0.559. The van der Waals surface area contributed by atoms with Gasteiger partial charge in [0.15, 0.2) is 0 Å². The molecule has 0 bridgehead atoms. The Bertz CT molecular complexity index is 481. The molecule has 0 radical (unpaired) electrons. The first kappa shape index (κ1) is 11.6. The highest BCUT2D eigenvalue weighted by molar-refractivity contribution is 5.44. The van der Waals surface area contributed by atoms with Crippen molar-refractivity contribution in [2.45, 2.75) is 26.4 Å². The predicted molar refractivity (Wildman–Crippen MR) is 64.0 cm³/mol. The van der Waals surface area contributed by atoms with Crippen LogP contribution in [0.1, 0.15) is 19.2 Å². The summed E-state index contributed by atoms with van der Waals surface area (Å²) in [6.07, 6.45) is 2.52. The molecule has 0 atom stereocenters. The lowest BCUT2D eigenvalue weighted by molar-refractivity contribution is 0.572. The zero-order valence-electron chi connectivity index (χ0n) is 9.73. The number of rotatable bonds is 5. The van der Waals surface area contributed by atoms with E-state index in [4.69, 9.17) is 0 Å². The lowest BCUT2D eigenvalue weighted by Crippen LogP contribution is -2.10. The van der Waals surface area contributed by atoms with Gasteiger partial charge in [0, 0.05) is 6.54 Å². The molecule has 0 fully saturated rings. The van der Waals surface area contributed by atoms with E-state index in [1.807, 2.05) is 4.68 Å². The van der Waals surface area contributed by atoms with Crippen molar-refractivity contribution in [1.29, 1.82) is 0 Å². The molecule has 90 valence electrons. The molecule has 17 heavy (non-hydrogen) atoms. The number of hydrogen-bond acceptors (Lipinski definition) is 3. The summed E-state index contributed by atoms with van der Waals surface area (Å²) in [7, 11) is 0. The van der Waals surface area contributed by atoms with Gasteiger partial charge in [-0.05, 0) is 18.6 Å². The number of aryl methyl sites for hydroxylation is 1. The second kappa shape index (κ2) is 5.43. The molecule has 0 saturated heterocycles. The molecule has 0 unspecified atom stereocenters. The van der Waals surface area contributed by atoms with Crippen molar-refractivity contribution in [3.8, 4) is 0 Å². The van der Waals surface area contributed by atoms with Crippen LogP contribution in [0.4, 0.5) is 10.1 Å². The molecule has 1 aromatic carbocycles. The van der Waals surface area contributed by atoms with Gasteiger partial charge in [0.2, 0.25) is 0 Å². The highest BCUT2D eigenvalue weighted by Crippen LogP contribution is 2.13. The zero-order valence-corrected chi connectivity index (χ0v) is 9.73. The van der Waals surface area contributed by atoms with Crippen molar-refractivity contribution in [2.24, 2.45) is 0 Å². The number of para-hydroxylation sites is 1. The fourth-order valence-electron chi connectivity index (χ4n) is 1.60. The number of anilines is 1. The number of benzene rings is 1. The highest BCUT2D eigenvalue weighted by atomic mass is 19.1. The predicted octanol–water partition coefficient (Wildman–Crippen LogP) is 2.44. The number of nitrogens with one attached hydrogen (secondary N) is 1. The van der Waals surface area contributed by atoms with Gasteiger partial charge in [-0.25, -0.2) is 14.1 Å². The van der Waals surface area contributed by atoms with Crippen molar-refractivity contribution < 1.29 is 4.39 Å². The van der Waals surface area contributed by atoms with Crippen LogP contribution in [-0.2, 0) is 13.1 Å². The summed E-state index contributed by atoms with van der Waals surface area (Å²) in [6, 6.07) is 6.59. The number of aromatic nitrogens is 3. The largest absolute Gasteiger partial charge is 0.375 e. The van der Waals surface area contributed by atoms with Crippen LogP contribution in [0.2, 0.25) is 0 Å². The zero-order chi connectivity index (χ0) is 12.1. The minimum atomic E-state index is -0.256. The maximum absolute atomic E-state index is 13.4. The Hall–Kier alpha value is -1.91. The van der Waals surface area contributed by atoms with Gasteiger partial charge in [0.1, 0.15) is 18.0 Å². The number of hydrogen-bond donors (Lipinski definition) is 1. The van der Waals surface area contributed by atoms with E-state index in [9.17, 15) is 4.39 Å². The molecular formula is C12H15FN4. The molecule has 4 nitrogen and oxygen atoms in total. The number of halogens is 1. The van der Waals surface area contributed by atoms with Gasteiger partial charge in [0.25, 0.3) is 0 Å². The van der Waals surface area contributed by atoms with Crippen LogP contribution in [0, 0.1) is 5.82 Å². The van der Waals surface area contributed by atoms with Crippen molar-refractivity contribution in [3.63, 3.8) is 0 Å². The topological polar surface area (TPSA) is 42.7 Å². The van der Waals surface area contributed by atoms with E-state index in [-0.39, 0.29) is 5.82 Å². The third-order valence-corrected chi connectivity index (χ3v) is 2.44. The van der Waals surface area contributed by atoms with Crippen LogP contribution in [-0.4, -0.2) is 14.8 Å². The van der Waals surface area contributed by atoms with Gasteiger partial charge in [-0.15, -0.1) is 0 Å². The average Bonchev–Trinajstić information content (AvgIpc) is 2.76. The van der Waals surface area contributed by atoms with E-state index in [0.717, 1.165) is 18.8 Å². The molecule has 0 saturated carbocycles. The molecule has 0 amide bonds. The molecule has 1 heterocycles. The van der Waals surface area contributed by atoms with Crippen LogP contribution < -0.4 is 5.32 Å². The lowest BCUT2D eigenvalue weighted by atomic mass is 10.3. The van der Waals surface area contributed by atoms with Gasteiger partial charge in [-0.1, -0.05) is 19.1 Å². The highest BCUT2D eigenvalue weighted by Gasteiger charge is 2.04. The third kappa shape index (κ3) is 2.81. The molecule has 0 aliphatic heterocycles. The minimum Gasteiger partial charge on any atom is -0.375 e. The van der Waals surface area contributed by atoms with Crippen LogP contribution in [0.5, 0.6) is 0 Å².